The molecule has 0 spiro atoms. The molecule has 0 bridgehead atoms. The molecular formula is C24H46P. The summed E-state index contributed by atoms with van der Waals surface area (Å²) in [7, 11) is 1.37. The van der Waals surface area contributed by atoms with E-state index in [-0.39, 0.29) is 0 Å². The van der Waals surface area contributed by atoms with Gasteiger partial charge in [0.15, 0.2) is 0 Å². The van der Waals surface area contributed by atoms with Gasteiger partial charge in [0, 0.05) is 0 Å². The first-order chi connectivity index (χ1) is 12.4. The van der Waals surface area contributed by atoms with E-state index in [9.17, 15) is 0 Å². The van der Waals surface area contributed by atoms with E-state index < -0.39 is 0 Å². The van der Waals surface area contributed by atoms with E-state index in [1.54, 1.807) is 0 Å². The van der Waals surface area contributed by atoms with Gasteiger partial charge in [0.2, 0.25) is 0 Å². The van der Waals surface area contributed by atoms with Crippen LogP contribution in [0.25, 0.3) is 0 Å². The third kappa shape index (κ3) is 23.9. The lowest BCUT2D eigenvalue weighted by atomic mass is 10.1. The van der Waals surface area contributed by atoms with Gasteiger partial charge in [-0.2, -0.15) is 0 Å². The minimum Gasteiger partial charge on any atom is -0.0834 e. The molecule has 1 heteroatoms. The van der Waals surface area contributed by atoms with Gasteiger partial charge in [0.1, 0.15) is 0 Å². The lowest BCUT2D eigenvalue weighted by Crippen LogP contribution is -1.79. The lowest BCUT2D eigenvalue weighted by Gasteiger charge is -1.99. The van der Waals surface area contributed by atoms with Crippen molar-refractivity contribution in [1.82, 2.24) is 0 Å². The van der Waals surface area contributed by atoms with Crippen LogP contribution in [-0.4, -0.2) is 0 Å². The van der Waals surface area contributed by atoms with E-state index in [0.29, 0.717) is 0 Å². The summed E-state index contributed by atoms with van der Waals surface area (Å²) >= 11 is 0. The van der Waals surface area contributed by atoms with Crippen LogP contribution < -0.4 is 0 Å². The first kappa shape index (κ1) is 24.9. The molecule has 25 heavy (non-hydrogen) atoms. The highest BCUT2D eigenvalue weighted by molar-refractivity contribution is 7.45. The van der Waals surface area contributed by atoms with Crippen LogP contribution in [0, 0.1) is 0 Å². The van der Waals surface area contributed by atoms with Gasteiger partial charge in [0.05, 0.1) is 0 Å². The van der Waals surface area contributed by atoms with Crippen LogP contribution in [0.2, 0.25) is 0 Å². The first-order valence-corrected chi connectivity index (χ1v) is 12.4. The van der Waals surface area contributed by atoms with Crippen LogP contribution in [0.3, 0.4) is 0 Å². The quantitative estimate of drug-likeness (QED) is 0.149. The SMILES string of the molecule is CCCCCCCCCC/C=C/[P]/C=C/CCCCCCCCCC. The van der Waals surface area contributed by atoms with Crippen LogP contribution in [0.5, 0.6) is 0 Å². The largest absolute Gasteiger partial charge is 0.0834 e. The Morgan fingerprint density at radius 1 is 0.440 bits per heavy atom. The highest BCUT2D eigenvalue weighted by atomic mass is 31.1. The zero-order chi connectivity index (χ0) is 18.3. The molecular weight excluding hydrogens is 319 g/mol. The maximum absolute atomic E-state index is 2.37. The number of unbranched alkanes of at least 4 members (excludes halogenated alkanes) is 16. The van der Waals surface area contributed by atoms with E-state index in [4.69, 9.17) is 0 Å². The zero-order valence-corrected chi connectivity index (χ0v) is 18.4. The second kappa shape index (κ2) is 23.9. The molecule has 0 atom stereocenters. The topological polar surface area (TPSA) is 0 Å². The predicted molar refractivity (Wildman–Crippen MR) is 120 cm³/mol. The maximum atomic E-state index is 2.37. The summed E-state index contributed by atoms with van der Waals surface area (Å²) in [5.41, 5.74) is 0. The van der Waals surface area contributed by atoms with Crippen molar-refractivity contribution < 1.29 is 0 Å². The monoisotopic (exact) mass is 365 g/mol. The van der Waals surface area contributed by atoms with Crippen LogP contribution in [0.15, 0.2) is 23.8 Å². The van der Waals surface area contributed by atoms with Gasteiger partial charge in [-0.05, 0) is 34.3 Å². The summed E-state index contributed by atoms with van der Waals surface area (Å²) in [6.07, 6.45) is 30.0. The van der Waals surface area contributed by atoms with Crippen molar-refractivity contribution in [2.45, 2.75) is 129 Å². The Morgan fingerprint density at radius 2 is 0.760 bits per heavy atom. The average molecular weight is 366 g/mol. The highest BCUT2D eigenvalue weighted by Crippen LogP contribution is 2.17. The van der Waals surface area contributed by atoms with Crippen molar-refractivity contribution in [1.29, 1.82) is 0 Å². The average Bonchev–Trinajstić information content (AvgIpc) is 2.63. The van der Waals surface area contributed by atoms with Crippen LogP contribution in [-0.2, 0) is 0 Å². The molecule has 0 aliphatic rings. The van der Waals surface area contributed by atoms with Crippen molar-refractivity contribution in [3.63, 3.8) is 0 Å². The molecule has 0 aliphatic carbocycles. The van der Waals surface area contributed by atoms with Crippen molar-refractivity contribution in [3.8, 4) is 0 Å². The Hall–Kier alpha value is -0.0900. The van der Waals surface area contributed by atoms with E-state index >= 15 is 0 Å². The maximum Gasteiger partial charge on any atom is -0.0267 e. The molecule has 0 saturated heterocycles. The molecule has 0 unspecified atom stereocenters. The van der Waals surface area contributed by atoms with Crippen molar-refractivity contribution in [2.24, 2.45) is 0 Å². The molecule has 1 radical (unpaired) electrons. The molecule has 0 aromatic carbocycles. The van der Waals surface area contributed by atoms with Crippen molar-refractivity contribution in [3.05, 3.63) is 23.8 Å². The molecule has 0 aliphatic heterocycles. The zero-order valence-electron chi connectivity index (χ0n) is 17.5. The normalized spacial score (nSPS) is 11.9. The van der Waals surface area contributed by atoms with Gasteiger partial charge in [-0.3, -0.25) is 0 Å². The van der Waals surface area contributed by atoms with Crippen molar-refractivity contribution in [2.75, 3.05) is 0 Å². The Bertz CT molecular complexity index is 252. The molecule has 0 rings (SSSR count). The molecule has 0 aromatic rings. The molecule has 0 aromatic heterocycles. The lowest BCUT2D eigenvalue weighted by molar-refractivity contribution is 0.577. The molecule has 0 amide bonds. The molecule has 0 nitrogen and oxygen atoms in total. The fourth-order valence-corrected chi connectivity index (χ4v) is 3.75. The second-order valence-electron chi connectivity index (χ2n) is 7.45. The predicted octanol–water partition coefficient (Wildman–Crippen LogP) is 10.0. The summed E-state index contributed by atoms with van der Waals surface area (Å²) in [5, 5.41) is 0. The summed E-state index contributed by atoms with van der Waals surface area (Å²) in [5.74, 6) is 4.65. The minimum absolute atomic E-state index is 1.27. The van der Waals surface area contributed by atoms with Gasteiger partial charge < -0.3 is 0 Å². The molecule has 147 valence electrons. The summed E-state index contributed by atoms with van der Waals surface area (Å²) in [6.45, 7) is 4.58. The fourth-order valence-electron chi connectivity index (χ4n) is 3.11. The van der Waals surface area contributed by atoms with Gasteiger partial charge >= 0.3 is 0 Å². The summed E-state index contributed by atoms with van der Waals surface area (Å²) in [4.78, 5) is 0. The van der Waals surface area contributed by atoms with E-state index in [2.05, 4.69) is 37.6 Å². The summed E-state index contributed by atoms with van der Waals surface area (Å²) < 4.78 is 0. The first-order valence-electron chi connectivity index (χ1n) is 11.4. The van der Waals surface area contributed by atoms with E-state index in [0.717, 1.165) is 0 Å². The number of hydrogen-bond acceptors (Lipinski definition) is 0. The fraction of sp³-hybridized carbons (Fsp3) is 0.833. The van der Waals surface area contributed by atoms with E-state index in [1.807, 2.05) is 0 Å². The van der Waals surface area contributed by atoms with Gasteiger partial charge in [-0.15, -0.1) is 0 Å². The third-order valence-corrected chi connectivity index (χ3v) is 5.60. The Labute approximate surface area is 162 Å². The Kier molecular flexibility index (Phi) is 23.8. The molecule has 0 saturated carbocycles. The van der Waals surface area contributed by atoms with Gasteiger partial charge in [-0.25, -0.2) is 0 Å². The van der Waals surface area contributed by atoms with Crippen LogP contribution in [0.4, 0.5) is 0 Å². The number of hydrogen-bond donors (Lipinski definition) is 0. The van der Waals surface area contributed by atoms with Crippen LogP contribution >= 0.6 is 8.58 Å². The standard InChI is InChI=1S/C24H46P/c1-3-5-7-9-11-13-15-17-19-21-23-25-24-22-20-18-16-14-12-10-8-6-4-2/h21-24H,3-20H2,1-2H3/b23-21+,24-22+. The van der Waals surface area contributed by atoms with Crippen molar-refractivity contribution >= 4 is 8.58 Å². The smallest absolute Gasteiger partial charge is 0.0267 e. The Morgan fingerprint density at radius 3 is 1.12 bits per heavy atom. The van der Waals surface area contributed by atoms with Crippen LogP contribution in [0.1, 0.15) is 129 Å². The minimum atomic E-state index is 1.27. The Balaban J connectivity index is 3.14. The van der Waals surface area contributed by atoms with Gasteiger partial charge in [-0.1, -0.05) is 128 Å². The third-order valence-electron chi connectivity index (χ3n) is 4.83. The number of rotatable bonds is 20. The molecule has 0 heterocycles. The number of allylic oxidation sites excluding steroid dienone is 2. The second-order valence-corrected chi connectivity index (χ2v) is 8.34. The van der Waals surface area contributed by atoms with E-state index in [1.165, 1.54) is 124 Å². The summed E-state index contributed by atoms with van der Waals surface area (Å²) in [6, 6.07) is 0. The molecule has 0 N–H and O–H groups in total. The van der Waals surface area contributed by atoms with Gasteiger partial charge in [0.25, 0.3) is 0 Å². The highest BCUT2D eigenvalue weighted by Gasteiger charge is 1.91. The molecule has 0 fully saturated rings.